The van der Waals surface area contributed by atoms with E-state index in [1.54, 1.807) is 11.1 Å². The van der Waals surface area contributed by atoms with Crippen LogP contribution in [-0.4, -0.2) is 48.7 Å². The van der Waals surface area contributed by atoms with Gasteiger partial charge in [0.1, 0.15) is 12.7 Å². The first-order valence-corrected chi connectivity index (χ1v) is 6.60. The maximum absolute atomic E-state index is 11.9. The number of hydrogen-bond acceptors (Lipinski definition) is 4. The molecule has 0 spiro atoms. The van der Waals surface area contributed by atoms with E-state index in [4.69, 9.17) is 9.47 Å². The summed E-state index contributed by atoms with van der Waals surface area (Å²) in [4.78, 5) is 17.9. The number of pyridine rings is 1. The molecule has 1 amide bonds. The maximum Gasteiger partial charge on any atom is 0.248 e. The van der Waals surface area contributed by atoms with Gasteiger partial charge in [-0.3, -0.25) is 9.78 Å². The molecule has 0 unspecified atom stereocenters. The number of carbonyl (C=O) groups excluding carboxylic acids is 1. The van der Waals surface area contributed by atoms with Crippen molar-refractivity contribution >= 4 is 5.91 Å². The lowest BCUT2D eigenvalue weighted by molar-refractivity contribution is -0.143. The van der Waals surface area contributed by atoms with Crippen LogP contribution in [0.2, 0.25) is 0 Å². The summed E-state index contributed by atoms with van der Waals surface area (Å²) in [6.45, 7) is 6.31. The number of aryl methyl sites for hydroxylation is 1. The van der Waals surface area contributed by atoms with Crippen LogP contribution < -0.4 is 0 Å². The number of nitrogens with zero attached hydrogens (tertiary/aromatic N) is 2. The zero-order valence-electron chi connectivity index (χ0n) is 11.5. The third kappa shape index (κ3) is 3.75. The van der Waals surface area contributed by atoms with Gasteiger partial charge >= 0.3 is 0 Å². The van der Waals surface area contributed by atoms with Gasteiger partial charge in [0.05, 0.1) is 13.2 Å². The summed E-state index contributed by atoms with van der Waals surface area (Å²) in [5.74, 6) is 0.0286. The van der Waals surface area contributed by atoms with Gasteiger partial charge < -0.3 is 14.4 Å². The van der Waals surface area contributed by atoms with Crippen LogP contribution in [0.4, 0.5) is 0 Å². The van der Waals surface area contributed by atoms with Crippen molar-refractivity contribution in [1.82, 2.24) is 9.88 Å². The van der Waals surface area contributed by atoms with Crippen LogP contribution in [-0.2, 0) is 14.3 Å². The Morgan fingerprint density at radius 1 is 1.63 bits per heavy atom. The predicted molar refractivity (Wildman–Crippen MR) is 70.7 cm³/mol. The molecule has 0 N–H and O–H groups in total. The SMILES string of the molecule is CCOCC(=O)N1CCO[C@H](c2ccnc(C)c2)C1. The van der Waals surface area contributed by atoms with Gasteiger partial charge in [0.25, 0.3) is 0 Å². The summed E-state index contributed by atoms with van der Waals surface area (Å²) < 4.78 is 10.9. The second kappa shape index (κ2) is 6.63. The third-order valence-electron chi connectivity index (χ3n) is 3.14. The Kier molecular flexibility index (Phi) is 4.87. The highest BCUT2D eigenvalue weighted by Crippen LogP contribution is 2.22. The first-order valence-electron chi connectivity index (χ1n) is 6.60. The lowest BCUT2D eigenvalue weighted by Crippen LogP contribution is -2.43. The highest BCUT2D eigenvalue weighted by atomic mass is 16.5. The fourth-order valence-electron chi connectivity index (χ4n) is 2.13. The van der Waals surface area contributed by atoms with E-state index in [0.29, 0.717) is 26.3 Å². The van der Waals surface area contributed by atoms with E-state index in [1.807, 2.05) is 26.0 Å². The number of hydrogen-bond donors (Lipinski definition) is 0. The van der Waals surface area contributed by atoms with Crippen molar-refractivity contribution in [3.8, 4) is 0 Å². The average molecular weight is 264 g/mol. The fourth-order valence-corrected chi connectivity index (χ4v) is 2.13. The maximum atomic E-state index is 11.9. The molecule has 1 aromatic heterocycles. The van der Waals surface area contributed by atoms with Gasteiger partial charge in [-0.1, -0.05) is 0 Å². The van der Waals surface area contributed by atoms with Gasteiger partial charge in [0.15, 0.2) is 0 Å². The summed E-state index contributed by atoms with van der Waals surface area (Å²) in [5, 5.41) is 0. The van der Waals surface area contributed by atoms with E-state index in [1.165, 1.54) is 0 Å². The molecule has 0 saturated carbocycles. The topological polar surface area (TPSA) is 51.7 Å². The first-order chi connectivity index (χ1) is 9.20. The molecule has 0 aliphatic carbocycles. The van der Waals surface area contributed by atoms with E-state index < -0.39 is 0 Å². The number of aromatic nitrogens is 1. The van der Waals surface area contributed by atoms with E-state index in [-0.39, 0.29) is 18.6 Å². The summed E-state index contributed by atoms with van der Waals surface area (Å²) in [5.41, 5.74) is 2.03. The van der Waals surface area contributed by atoms with Gasteiger partial charge in [-0.05, 0) is 31.5 Å². The highest BCUT2D eigenvalue weighted by Gasteiger charge is 2.25. The summed E-state index contributed by atoms with van der Waals surface area (Å²) in [6, 6.07) is 3.94. The second-order valence-electron chi connectivity index (χ2n) is 4.57. The van der Waals surface area contributed by atoms with Crippen LogP contribution in [0.25, 0.3) is 0 Å². The molecule has 0 aromatic carbocycles. The van der Waals surface area contributed by atoms with Crippen molar-refractivity contribution in [3.05, 3.63) is 29.6 Å². The molecule has 1 aromatic rings. The minimum Gasteiger partial charge on any atom is -0.372 e. The summed E-state index contributed by atoms with van der Waals surface area (Å²) >= 11 is 0. The largest absolute Gasteiger partial charge is 0.372 e. The van der Waals surface area contributed by atoms with E-state index >= 15 is 0 Å². The molecule has 0 radical (unpaired) electrons. The monoisotopic (exact) mass is 264 g/mol. The molecule has 19 heavy (non-hydrogen) atoms. The minimum absolute atomic E-state index is 0.0286. The van der Waals surface area contributed by atoms with Gasteiger partial charge in [-0.25, -0.2) is 0 Å². The standard InChI is InChI=1S/C14H20N2O3/c1-3-18-10-14(17)16-6-7-19-13(9-16)12-4-5-15-11(2)8-12/h4-5,8,13H,3,6-7,9-10H2,1-2H3/t13-/m0/s1. The quantitative estimate of drug-likeness (QED) is 0.823. The lowest BCUT2D eigenvalue weighted by atomic mass is 10.1. The van der Waals surface area contributed by atoms with Crippen LogP contribution in [0.1, 0.15) is 24.3 Å². The molecule has 104 valence electrons. The number of ether oxygens (including phenoxy) is 2. The number of rotatable bonds is 4. The third-order valence-corrected chi connectivity index (χ3v) is 3.14. The van der Waals surface area contributed by atoms with Crippen LogP contribution in [0.5, 0.6) is 0 Å². The van der Waals surface area contributed by atoms with Crippen molar-refractivity contribution < 1.29 is 14.3 Å². The summed E-state index contributed by atoms with van der Waals surface area (Å²) in [6.07, 6.45) is 1.70. The average Bonchev–Trinajstić information content (AvgIpc) is 2.45. The van der Waals surface area contributed by atoms with Crippen LogP contribution in [0.15, 0.2) is 18.3 Å². The Bertz CT molecular complexity index is 436. The molecule has 1 aliphatic heterocycles. The van der Waals surface area contributed by atoms with E-state index in [2.05, 4.69) is 4.98 Å². The zero-order valence-corrected chi connectivity index (χ0v) is 11.5. The first kappa shape index (κ1) is 14.0. The molecule has 2 heterocycles. The van der Waals surface area contributed by atoms with Gasteiger partial charge in [0, 0.05) is 25.0 Å². The smallest absolute Gasteiger partial charge is 0.248 e. The number of amides is 1. The molecule has 1 aliphatic rings. The van der Waals surface area contributed by atoms with Gasteiger partial charge in [-0.2, -0.15) is 0 Å². The lowest BCUT2D eigenvalue weighted by Gasteiger charge is -2.33. The highest BCUT2D eigenvalue weighted by molar-refractivity contribution is 5.77. The zero-order chi connectivity index (χ0) is 13.7. The summed E-state index contributed by atoms with van der Waals surface area (Å²) in [7, 11) is 0. The van der Waals surface area contributed by atoms with Crippen LogP contribution in [0, 0.1) is 6.92 Å². The molecule has 1 atom stereocenters. The minimum atomic E-state index is -0.0685. The Hall–Kier alpha value is -1.46. The molecule has 1 saturated heterocycles. The van der Waals surface area contributed by atoms with E-state index in [9.17, 15) is 4.79 Å². The van der Waals surface area contributed by atoms with Crippen molar-refractivity contribution in [2.45, 2.75) is 20.0 Å². The van der Waals surface area contributed by atoms with Crippen molar-refractivity contribution in [1.29, 1.82) is 0 Å². The van der Waals surface area contributed by atoms with Crippen LogP contribution in [0.3, 0.4) is 0 Å². The number of carbonyl (C=O) groups is 1. The Morgan fingerprint density at radius 2 is 2.47 bits per heavy atom. The fraction of sp³-hybridized carbons (Fsp3) is 0.571. The van der Waals surface area contributed by atoms with E-state index in [0.717, 1.165) is 11.3 Å². The molecule has 5 heteroatoms. The van der Waals surface area contributed by atoms with Gasteiger partial charge in [0.2, 0.25) is 5.91 Å². The molecule has 0 bridgehead atoms. The molecule has 2 rings (SSSR count). The number of morpholine rings is 1. The van der Waals surface area contributed by atoms with Crippen molar-refractivity contribution in [2.75, 3.05) is 32.9 Å². The Balaban J connectivity index is 1.99. The Morgan fingerprint density at radius 3 is 3.21 bits per heavy atom. The van der Waals surface area contributed by atoms with Gasteiger partial charge in [-0.15, -0.1) is 0 Å². The second-order valence-corrected chi connectivity index (χ2v) is 4.57. The Labute approximate surface area is 113 Å². The van der Waals surface area contributed by atoms with Crippen molar-refractivity contribution in [2.24, 2.45) is 0 Å². The molecule has 1 fully saturated rings. The van der Waals surface area contributed by atoms with Crippen LogP contribution >= 0.6 is 0 Å². The van der Waals surface area contributed by atoms with Crippen molar-refractivity contribution in [3.63, 3.8) is 0 Å². The molecular formula is C14H20N2O3. The predicted octanol–water partition coefficient (Wildman–Crippen LogP) is 1.33. The molecular weight excluding hydrogens is 244 g/mol. The molecule has 5 nitrogen and oxygen atoms in total. The normalized spacial score (nSPS) is 19.5.